The summed E-state index contributed by atoms with van der Waals surface area (Å²) < 4.78 is 24.6. The van der Waals surface area contributed by atoms with Gasteiger partial charge in [-0.15, -0.1) is 0 Å². The lowest BCUT2D eigenvalue weighted by atomic mass is 10.0. The molecule has 0 aliphatic rings. The van der Waals surface area contributed by atoms with E-state index in [2.05, 4.69) is 30.1 Å². The molecule has 0 saturated carbocycles. The second-order valence-corrected chi connectivity index (χ2v) is 10.3. The van der Waals surface area contributed by atoms with E-state index in [1.807, 2.05) is 18.4 Å². The normalized spacial score (nSPS) is 12.3. The molecule has 0 radical (unpaired) electrons. The van der Waals surface area contributed by atoms with Gasteiger partial charge < -0.3 is 4.57 Å². The maximum atomic E-state index is 13.0. The minimum absolute atomic E-state index is 0.243. The van der Waals surface area contributed by atoms with Gasteiger partial charge in [0.25, 0.3) is 17.2 Å². The first-order chi connectivity index (χ1) is 16.8. The molecular weight excluding hydrogens is 482 g/mol. The van der Waals surface area contributed by atoms with E-state index in [1.165, 1.54) is 31.2 Å². The summed E-state index contributed by atoms with van der Waals surface area (Å²) in [5.74, 6) is 0.356. The van der Waals surface area contributed by atoms with Gasteiger partial charge in [0.1, 0.15) is 5.82 Å². The highest BCUT2D eigenvalue weighted by atomic mass is 35.5. The van der Waals surface area contributed by atoms with Crippen molar-refractivity contribution in [3.63, 3.8) is 0 Å². The van der Waals surface area contributed by atoms with Crippen LogP contribution in [0.25, 0.3) is 11.0 Å². The van der Waals surface area contributed by atoms with Crippen molar-refractivity contribution in [3.8, 4) is 0 Å². The lowest BCUT2D eigenvalue weighted by molar-refractivity contribution is 0.0858. The lowest BCUT2D eigenvalue weighted by Gasteiger charge is -2.18. The molecule has 0 bridgehead atoms. The molecule has 1 N–H and O–H groups in total. The van der Waals surface area contributed by atoms with Gasteiger partial charge in [0.2, 0.25) is 0 Å². The first kappa shape index (κ1) is 27.4. The summed E-state index contributed by atoms with van der Waals surface area (Å²) in [6.45, 7) is 6.96. The zero-order valence-corrected chi connectivity index (χ0v) is 22.5. The summed E-state index contributed by atoms with van der Waals surface area (Å²) in [5.41, 5.74) is 4.16. The molecule has 1 unspecified atom stereocenters. The number of imidazole rings is 1. The second kappa shape index (κ2) is 13.2. The van der Waals surface area contributed by atoms with E-state index in [0.717, 1.165) is 51.0 Å². The van der Waals surface area contributed by atoms with Crippen molar-refractivity contribution in [3.05, 3.63) is 63.9 Å². The molecule has 35 heavy (non-hydrogen) atoms. The van der Waals surface area contributed by atoms with E-state index in [0.29, 0.717) is 18.5 Å². The fraction of sp³-hybridized carbons (Fsp3) is 0.481. The highest BCUT2D eigenvalue weighted by Gasteiger charge is 2.21. The van der Waals surface area contributed by atoms with Crippen LogP contribution in [0.5, 0.6) is 0 Å². The van der Waals surface area contributed by atoms with Gasteiger partial charge in [0, 0.05) is 17.1 Å². The van der Waals surface area contributed by atoms with Crippen LogP contribution in [-0.2, 0) is 24.2 Å². The van der Waals surface area contributed by atoms with Gasteiger partial charge in [-0.05, 0) is 61.6 Å². The Labute approximate surface area is 216 Å². The number of nitrogens with zero attached hydrogens (tertiary/aromatic N) is 3. The van der Waals surface area contributed by atoms with Gasteiger partial charge in [-0.1, -0.05) is 69.7 Å². The predicted octanol–water partition coefficient (Wildman–Crippen LogP) is 6.94. The van der Waals surface area contributed by atoms with Crippen molar-refractivity contribution >= 4 is 39.8 Å². The fourth-order valence-corrected chi connectivity index (χ4v) is 5.07. The minimum atomic E-state index is -2.37. The van der Waals surface area contributed by atoms with E-state index in [4.69, 9.17) is 11.6 Å². The summed E-state index contributed by atoms with van der Waals surface area (Å²) in [6.07, 6.45) is 8.45. The maximum Gasteiger partial charge on any atom is 0.267 e. The van der Waals surface area contributed by atoms with Crippen LogP contribution in [0.15, 0.2) is 36.4 Å². The van der Waals surface area contributed by atoms with Crippen molar-refractivity contribution < 1.29 is 13.6 Å². The molecule has 0 spiro atoms. The third kappa shape index (κ3) is 7.15. The highest BCUT2D eigenvalue weighted by Crippen LogP contribution is 2.25. The molecule has 2 aromatic carbocycles. The second-order valence-electron chi connectivity index (χ2n) is 9.03. The first-order valence-electron chi connectivity index (χ1n) is 12.5. The first-order valence-corrected chi connectivity index (χ1v) is 14.0. The van der Waals surface area contributed by atoms with Crippen molar-refractivity contribution in [2.24, 2.45) is 0 Å². The number of amides is 1. The summed E-state index contributed by atoms with van der Waals surface area (Å²) in [5, 5.41) is 0.726. The number of halogens is 1. The zero-order chi connectivity index (χ0) is 25.4. The Bertz CT molecular complexity index is 1180. The zero-order valence-electron chi connectivity index (χ0n) is 20.9. The molecule has 0 aliphatic carbocycles. The predicted molar refractivity (Wildman–Crippen MR) is 144 cm³/mol. The molecule has 6 nitrogen and oxygen atoms in total. The monoisotopic (exact) mass is 517 g/mol. The van der Waals surface area contributed by atoms with Gasteiger partial charge in [0.05, 0.1) is 17.6 Å². The molecule has 1 aromatic heterocycles. The minimum Gasteiger partial charge on any atom is -0.324 e. The number of rotatable bonds is 13. The van der Waals surface area contributed by atoms with E-state index in [-0.39, 0.29) is 6.54 Å². The maximum absolute atomic E-state index is 13.0. The number of hydrogen-bond donors (Lipinski definition) is 1. The van der Waals surface area contributed by atoms with Crippen LogP contribution in [0.4, 0.5) is 0 Å². The number of aromatic nitrogens is 2. The SMILES string of the molecule is CCCCCCc1ccc(Cn2c(C)nc3ccc(C(=O)N(CCCCC)S(=O)O)cc32)c(Cl)c1. The molecule has 0 fully saturated rings. The summed E-state index contributed by atoms with van der Waals surface area (Å²) in [7, 11) is 0. The Morgan fingerprint density at radius 1 is 1.06 bits per heavy atom. The quantitative estimate of drug-likeness (QED) is 0.197. The van der Waals surface area contributed by atoms with Crippen molar-refractivity contribution in [1.29, 1.82) is 0 Å². The van der Waals surface area contributed by atoms with Crippen LogP contribution in [0, 0.1) is 6.92 Å². The summed E-state index contributed by atoms with van der Waals surface area (Å²) in [4.78, 5) is 17.7. The molecule has 0 aliphatic heterocycles. The van der Waals surface area contributed by atoms with Crippen LogP contribution < -0.4 is 0 Å². The summed E-state index contributed by atoms with van der Waals surface area (Å²) >= 11 is 4.28. The Morgan fingerprint density at radius 3 is 2.49 bits per heavy atom. The van der Waals surface area contributed by atoms with Crippen LogP contribution >= 0.6 is 11.6 Å². The molecule has 8 heteroatoms. The van der Waals surface area contributed by atoms with Gasteiger partial charge in [-0.2, -0.15) is 0 Å². The third-order valence-electron chi connectivity index (χ3n) is 6.33. The number of fused-ring (bicyclic) bond motifs is 1. The van der Waals surface area contributed by atoms with E-state index in [1.54, 1.807) is 18.2 Å². The number of unbranched alkanes of at least 4 members (excludes halogenated alkanes) is 5. The number of benzene rings is 2. The Kier molecular flexibility index (Phi) is 10.3. The van der Waals surface area contributed by atoms with Crippen LogP contribution in [0.2, 0.25) is 5.02 Å². The fourth-order valence-electron chi connectivity index (χ4n) is 4.28. The van der Waals surface area contributed by atoms with Gasteiger partial charge >= 0.3 is 0 Å². The van der Waals surface area contributed by atoms with E-state index >= 15 is 0 Å². The van der Waals surface area contributed by atoms with Crippen LogP contribution in [0.1, 0.15) is 86.1 Å². The van der Waals surface area contributed by atoms with Crippen LogP contribution in [0.3, 0.4) is 0 Å². The molecule has 1 amide bonds. The number of hydrogen-bond acceptors (Lipinski definition) is 3. The lowest BCUT2D eigenvalue weighted by Crippen LogP contribution is -2.33. The van der Waals surface area contributed by atoms with Crippen molar-refractivity contribution in [2.75, 3.05) is 6.54 Å². The Hall–Kier alpha value is -2.22. The number of aryl methyl sites for hydroxylation is 2. The van der Waals surface area contributed by atoms with E-state index in [9.17, 15) is 13.6 Å². The molecular formula is C27H36ClN3O3S. The molecule has 1 heterocycles. The average Bonchev–Trinajstić information content (AvgIpc) is 3.14. The average molecular weight is 518 g/mol. The largest absolute Gasteiger partial charge is 0.324 e. The summed E-state index contributed by atoms with van der Waals surface area (Å²) in [6, 6.07) is 11.5. The standard InChI is InChI=1S/C27H36ClN3O3S/c1-4-6-8-9-11-21-12-13-23(24(28)17-21)19-30-20(3)29-25-15-14-22(18-26(25)30)27(32)31(35(33)34)16-10-7-5-2/h12-15,17-18H,4-11,16,19H2,1-3H3,(H,33,34). The highest BCUT2D eigenvalue weighted by molar-refractivity contribution is 7.77. The molecule has 0 saturated heterocycles. The number of carbonyl (C=O) groups is 1. The number of carbonyl (C=O) groups excluding carboxylic acids is 1. The smallest absolute Gasteiger partial charge is 0.267 e. The molecule has 3 rings (SSSR count). The molecule has 3 aromatic rings. The third-order valence-corrected chi connectivity index (χ3v) is 7.41. The van der Waals surface area contributed by atoms with Crippen molar-refractivity contribution in [1.82, 2.24) is 13.9 Å². The van der Waals surface area contributed by atoms with Crippen molar-refractivity contribution in [2.45, 2.75) is 78.7 Å². The van der Waals surface area contributed by atoms with E-state index < -0.39 is 17.2 Å². The Balaban J connectivity index is 1.83. The van der Waals surface area contributed by atoms with Gasteiger partial charge in [0.15, 0.2) is 0 Å². The van der Waals surface area contributed by atoms with Crippen LogP contribution in [-0.4, -0.2) is 35.1 Å². The molecule has 190 valence electrons. The Morgan fingerprint density at radius 2 is 1.80 bits per heavy atom. The van der Waals surface area contributed by atoms with Gasteiger partial charge in [-0.25, -0.2) is 13.5 Å². The van der Waals surface area contributed by atoms with Gasteiger partial charge in [-0.3, -0.25) is 9.35 Å². The molecule has 1 atom stereocenters. The topological polar surface area (TPSA) is 75.4 Å².